The summed E-state index contributed by atoms with van der Waals surface area (Å²) in [7, 11) is 0. The molecular formula is C31H45NO. The van der Waals surface area contributed by atoms with Crippen LogP contribution in [0.1, 0.15) is 93.2 Å². The molecule has 1 amide bonds. The Hall–Kier alpha value is -2.35. The predicted octanol–water partition coefficient (Wildman–Crippen LogP) is 8.96. The molecule has 0 aliphatic rings. The van der Waals surface area contributed by atoms with Crippen LogP contribution in [-0.4, -0.2) is 5.91 Å². The first-order valence-corrected chi connectivity index (χ1v) is 12.1. The smallest absolute Gasteiger partial charge is 0.254 e. The molecule has 0 atom stereocenters. The van der Waals surface area contributed by atoms with Crippen molar-refractivity contribution in [1.29, 1.82) is 0 Å². The van der Waals surface area contributed by atoms with Crippen LogP contribution in [0.3, 0.4) is 0 Å². The zero-order valence-corrected chi connectivity index (χ0v) is 22.7. The zero-order chi connectivity index (χ0) is 25.2. The molecule has 33 heavy (non-hydrogen) atoms. The molecule has 0 aromatic heterocycles. The van der Waals surface area contributed by atoms with Crippen LogP contribution >= 0.6 is 0 Å². The molecular weight excluding hydrogens is 402 g/mol. The third-order valence-electron chi connectivity index (χ3n) is 6.15. The monoisotopic (exact) mass is 447 g/mol. The minimum absolute atomic E-state index is 0.0599. The first-order valence-electron chi connectivity index (χ1n) is 12.1. The van der Waals surface area contributed by atoms with Gasteiger partial charge in [0.2, 0.25) is 0 Å². The number of amides is 1. The molecule has 0 bridgehead atoms. The van der Waals surface area contributed by atoms with Crippen molar-refractivity contribution in [3.8, 4) is 0 Å². The maximum Gasteiger partial charge on any atom is 0.254 e. The summed E-state index contributed by atoms with van der Waals surface area (Å²) in [6, 6.07) is 16.8. The number of rotatable bonds is 7. The van der Waals surface area contributed by atoms with E-state index >= 15 is 0 Å². The normalized spacial score (nSPS) is 13.0. The van der Waals surface area contributed by atoms with Gasteiger partial charge in [-0.3, -0.25) is 9.69 Å². The van der Waals surface area contributed by atoms with E-state index in [1.54, 1.807) is 4.90 Å². The highest BCUT2D eigenvalue weighted by Gasteiger charge is 2.29. The predicted molar refractivity (Wildman–Crippen MR) is 144 cm³/mol. The molecule has 2 heteroatoms. The van der Waals surface area contributed by atoms with Gasteiger partial charge in [0, 0.05) is 11.4 Å². The summed E-state index contributed by atoms with van der Waals surface area (Å²) in [5.74, 6) is -0.126. The Morgan fingerprint density at radius 3 is 1.21 bits per heavy atom. The van der Waals surface area contributed by atoms with Crippen LogP contribution in [0.5, 0.6) is 0 Å². The fourth-order valence-corrected chi connectivity index (χ4v) is 5.47. The highest BCUT2D eigenvalue weighted by Crippen LogP contribution is 2.39. The lowest BCUT2D eigenvalue weighted by Gasteiger charge is -2.34. The molecule has 0 radical (unpaired) electrons. The molecule has 2 aromatic carbocycles. The highest BCUT2D eigenvalue weighted by atomic mass is 16.2. The Kier molecular flexibility index (Phi) is 7.73. The summed E-state index contributed by atoms with van der Waals surface area (Å²) in [4.78, 5) is 14.6. The number of hydrogen-bond donors (Lipinski definition) is 0. The number of nitrogens with zero attached hydrogens (tertiary/aromatic N) is 1. The number of carbonyl (C=O) groups excluding carboxylic acids is 1. The average Bonchev–Trinajstić information content (AvgIpc) is 2.65. The van der Waals surface area contributed by atoms with Gasteiger partial charge in [-0.2, -0.15) is 0 Å². The first-order chi connectivity index (χ1) is 15.0. The Balaban J connectivity index is 2.38. The fourth-order valence-electron chi connectivity index (χ4n) is 5.47. The van der Waals surface area contributed by atoms with E-state index in [-0.39, 0.29) is 27.6 Å². The lowest BCUT2D eigenvalue weighted by molar-refractivity contribution is -0.113. The molecule has 0 spiro atoms. The van der Waals surface area contributed by atoms with Crippen LogP contribution in [0.15, 0.2) is 61.2 Å². The molecule has 2 nitrogen and oxygen atoms in total. The van der Waals surface area contributed by atoms with Gasteiger partial charge in [0.25, 0.3) is 5.91 Å². The quantitative estimate of drug-likeness (QED) is 0.388. The summed E-state index contributed by atoms with van der Waals surface area (Å²) in [6.45, 7) is 26.6. The Bertz CT molecular complexity index is 876. The summed E-state index contributed by atoms with van der Waals surface area (Å²) in [6.07, 6.45) is 3.55. The molecule has 0 aliphatic heterocycles. The van der Waals surface area contributed by atoms with E-state index < -0.39 is 0 Å². The van der Waals surface area contributed by atoms with E-state index in [1.165, 1.54) is 17.2 Å². The lowest BCUT2D eigenvalue weighted by atomic mass is 9.72. The van der Waals surface area contributed by atoms with Crippen molar-refractivity contribution >= 4 is 17.3 Å². The van der Waals surface area contributed by atoms with Gasteiger partial charge in [0.15, 0.2) is 0 Å². The molecule has 0 N–H and O–H groups in total. The van der Waals surface area contributed by atoms with Crippen molar-refractivity contribution < 1.29 is 4.79 Å². The van der Waals surface area contributed by atoms with Crippen molar-refractivity contribution in [2.45, 2.75) is 92.9 Å². The number of carbonyl (C=O) groups is 1. The van der Waals surface area contributed by atoms with E-state index in [4.69, 9.17) is 0 Å². The molecule has 0 saturated carbocycles. The number of anilines is 2. The molecule has 180 valence electrons. The van der Waals surface area contributed by atoms with E-state index in [2.05, 4.69) is 124 Å². The minimum Gasteiger partial charge on any atom is -0.278 e. The van der Waals surface area contributed by atoms with E-state index in [0.29, 0.717) is 0 Å². The summed E-state index contributed by atoms with van der Waals surface area (Å²) >= 11 is 0. The maximum absolute atomic E-state index is 12.9. The Morgan fingerprint density at radius 2 is 0.970 bits per heavy atom. The molecule has 0 heterocycles. The van der Waals surface area contributed by atoms with Crippen LogP contribution in [0.25, 0.3) is 0 Å². The molecule has 2 aromatic rings. The van der Waals surface area contributed by atoms with Crippen molar-refractivity contribution in [3.05, 3.63) is 72.3 Å². The molecule has 0 unspecified atom stereocenters. The zero-order valence-electron chi connectivity index (χ0n) is 22.7. The second-order valence-electron chi connectivity index (χ2n) is 13.2. The molecule has 2 rings (SSSR count). The molecule has 0 aliphatic carbocycles. The van der Waals surface area contributed by atoms with Gasteiger partial charge < -0.3 is 0 Å². The van der Waals surface area contributed by atoms with Crippen molar-refractivity contribution in [3.63, 3.8) is 0 Å². The number of hydrogen-bond acceptors (Lipinski definition) is 1. The lowest BCUT2D eigenvalue weighted by Crippen LogP contribution is -2.26. The van der Waals surface area contributed by atoms with Crippen LogP contribution in [-0.2, 0) is 15.6 Å². The van der Waals surface area contributed by atoms with Crippen molar-refractivity contribution in [2.75, 3.05) is 4.90 Å². The summed E-state index contributed by atoms with van der Waals surface area (Å²) in [5, 5.41) is 0. The Labute approximate surface area is 203 Å². The van der Waals surface area contributed by atoms with Crippen LogP contribution < -0.4 is 4.90 Å². The van der Waals surface area contributed by atoms with Gasteiger partial charge in [-0.25, -0.2) is 0 Å². The second kappa shape index (κ2) is 9.49. The van der Waals surface area contributed by atoms with Gasteiger partial charge in [-0.05, 0) is 76.0 Å². The third-order valence-corrected chi connectivity index (χ3v) is 6.15. The molecule has 0 fully saturated rings. The van der Waals surface area contributed by atoms with Crippen molar-refractivity contribution in [1.82, 2.24) is 0 Å². The first kappa shape index (κ1) is 26.9. The third kappa shape index (κ3) is 7.32. The van der Waals surface area contributed by atoms with Gasteiger partial charge in [0.1, 0.15) is 0 Å². The van der Waals surface area contributed by atoms with Crippen LogP contribution in [0.4, 0.5) is 11.4 Å². The van der Waals surface area contributed by atoms with Crippen molar-refractivity contribution in [2.24, 2.45) is 10.8 Å². The fraction of sp³-hybridized carbons (Fsp3) is 0.516. The maximum atomic E-state index is 12.9. The molecule has 0 saturated heterocycles. The second-order valence-corrected chi connectivity index (χ2v) is 13.2. The topological polar surface area (TPSA) is 20.3 Å². The number of benzene rings is 2. The van der Waals surface area contributed by atoms with E-state index in [0.717, 1.165) is 24.2 Å². The van der Waals surface area contributed by atoms with E-state index in [9.17, 15) is 4.79 Å². The van der Waals surface area contributed by atoms with Gasteiger partial charge in [0.05, 0.1) is 0 Å². The average molecular weight is 448 g/mol. The van der Waals surface area contributed by atoms with E-state index in [1.807, 2.05) is 0 Å². The minimum atomic E-state index is -0.126. The summed E-state index contributed by atoms with van der Waals surface area (Å²) in [5.41, 5.74) is 4.89. The van der Waals surface area contributed by atoms with Crippen LogP contribution in [0.2, 0.25) is 0 Å². The largest absolute Gasteiger partial charge is 0.278 e. The van der Waals surface area contributed by atoms with Gasteiger partial charge >= 0.3 is 0 Å². The van der Waals surface area contributed by atoms with Gasteiger partial charge in [-0.1, -0.05) is 100 Å². The Morgan fingerprint density at radius 1 is 0.667 bits per heavy atom. The summed E-state index contributed by atoms with van der Waals surface area (Å²) < 4.78 is 0. The standard InChI is InChI=1S/C31H45NO/c1-12-27(33)32(25-17-13-23(14-18-25)30(8,9)21-28(2,3)4)26-19-15-24(16-20-26)31(10,11)22-29(5,6)7/h12-20H,1,21-22H2,2-11H3. The SMILES string of the molecule is C=CC(=O)N(c1ccc(C(C)(C)CC(C)(C)C)cc1)c1ccc(C(C)(C)CC(C)(C)C)cc1. The van der Waals surface area contributed by atoms with Crippen LogP contribution in [0, 0.1) is 10.8 Å². The highest BCUT2D eigenvalue weighted by molar-refractivity contribution is 6.06. The van der Waals surface area contributed by atoms with Gasteiger partial charge in [-0.15, -0.1) is 0 Å².